The van der Waals surface area contributed by atoms with E-state index in [9.17, 15) is 22.8 Å². The standard InChI is InChI=1S/C27H18F3N7O2/c28-27(29,30)19-12-15(6-8-22(19)37-31-10-11-32-37)34-26(39)18-13-33-36(24(18)14-4-5-14)21-9-7-20-23-16(21)2-1-3-17(23)25(38)35-20/h1-3,6-14H,4-5H2,(H,34,39)(H,35,38). The van der Waals surface area contributed by atoms with Gasteiger partial charge in [0.2, 0.25) is 0 Å². The Morgan fingerprint density at radius 2 is 1.77 bits per heavy atom. The van der Waals surface area contributed by atoms with Crippen LogP contribution in [0.4, 0.5) is 24.5 Å². The average Bonchev–Trinajstić information content (AvgIpc) is 3.29. The van der Waals surface area contributed by atoms with Gasteiger partial charge in [-0.3, -0.25) is 9.59 Å². The lowest BCUT2D eigenvalue weighted by Gasteiger charge is -2.15. The molecule has 1 fully saturated rings. The van der Waals surface area contributed by atoms with Crippen molar-refractivity contribution < 1.29 is 22.8 Å². The highest BCUT2D eigenvalue weighted by molar-refractivity contribution is 6.25. The lowest BCUT2D eigenvalue weighted by Crippen LogP contribution is -2.17. The summed E-state index contributed by atoms with van der Waals surface area (Å²) in [4.78, 5) is 26.6. The summed E-state index contributed by atoms with van der Waals surface area (Å²) in [6.45, 7) is 0. The Labute approximate surface area is 218 Å². The molecule has 2 aliphatic rings. The van der Waals surface area contributed by atoms with Crippen molar-refractivity contribution in [3.05, 3.63) is 89.5 Å². The first-order valence-corrected chi connectivity index (χ1v) is 12.1. The van der Waals surface area contributed by atoms with Gasteiger partial charge in [0.15, 0.2) is 0 Å². The Hall–Kier alpha value is -5.00. The van der Waals surface area contributed by atoms with Crippen molar-refractivity contribution in [3.8, 4) is 11.4 Å². The van der Waals surface area contributed by atoms with E-state index in [1.807, 2.05) is 12.1 Å². The highest BCUT2D eigenvalue weighted by Crippen LogP contribution is 2.44. The molecule has 194 valence electrons. The molecule has 3 aromatic carbocycles. The largest absolute Gasteiger partial charge is 0.418 e. The SMILES string of the molecule is O=C(Nc1ccc(-n2nccn2)c(C(F)(F)F)c1)c1cnn(-c2ccc3c4c(cccc24)C(=O)N3)c1C1CC1. The zero-order valence-corrected chi connectivity index (χ0v) is 20.0. The van der Waals surface area contributed by atoms with Crippen molar-refractivity contribution >= 4 is 34.0 Å². The van der Waals surface area contributed by atoms with Crippen molar-refractivity contribution in [3.63, 3.8) is 0 Å². The molecular formula is C27H18F3N7O2. The van der Waals surface area contributed by atoms with Crippen LogP contribution in [0.15, 0.2) is 67.1 Å². The van der Waals surface area contributed by atoms with Crippen molar-refractivity contribution in [1.29, 1.82) is 0 Å². The Balaban J connectivity index is 1.27. The highest BCUT2D eigenvalue weighted by Gasteiger charge is 2.36. The van der Waals surface area contributed by atoms with Crippen LogP contribution in [0.25, 0.3) is 22.1 Å². The molecule has 2 N–H and O–H groups in total. The fraction of sp³-hybridized carbons (Fsp3) is 0.148. The van der Waals surface area contributed by atoms with Crippen LogP contribution in [0.3, 0.4) is 0 Å². The lowest BCUT2D eigenvalue weighted by molar-refractivity contribution is -0.137. The summed E-state index contributed by atoms with van der Waals surface area (Å²) in [6.07, 6.45) is 1.02. The summed E-state index contributed by atoms with van der Waals surface area (Å²) < 4.78 is 43.2. The van der Waals surface area contributed by atoms with Crippen molar-refractivity contribution in [2.24, 2.45) is 0 Å². The number of carbonyl (C=O) groups is 2. The number of amides is 2. The van der Waals surface area contributed by atoms with E-state index < -0.39 is 17.6 Å². The zero-order valence-electron chi connectivity index (χ0n) is 20.0. The van der Waals surface area contributed by atoms with Crippen LogP contribution in [0.2, 0.25) is 0 Å². The molecule has 2 amide bonds. The van der Waals surface area contributed by atoms with E-state index in [1.165, 1.54) is 30.7 Å². The molecule has 9 nitrogen and oxygen atoms in total. The summed E-state index contributed by atoms with van der Waals surface area (Å²) in [5.41, 5.74) is 1.69. The maximum atomic E-state index is 13.8. The molecule has 5 aromatic rings. The summed E-state index contributed by atoms with van der Waals surface area (Å²) >= 11 is 0. The van der Waals surface area contributed by atoms with Crippen LogP contribution >= 0.6 is 0 Å². The fourth-order valence-electron chi connectivity index (χ4n) is 5.09. The third-order valence-corrected chi connectivity index (χ3v) is 6.95. The van der Waals surface area contributed by atoms with E-state index in [2.05, 4.69) is 25.9 Å². The van der Waals surface area contributed by atoms with Gasteiger partial charge in [-0.05, 0) is 49.2 Å². The van der Waals surface area contributed by atoms with Gasteiger partial charge < -0.3 is 10.6 Å². The van der Waals surface area contributed by atoms with Gasteiger partial charge in [0, 0.05) is 33.6 Å². The molecule has 0 saturated heterocycles. The second-order valence-electron chi connectivity index (χ2n) is 9.45. The second-order valence-corrected chi connectivity index (χ2v) is 9.45. The summed E-state index contributed by atoms with van der Waals surface area (Å²) in [5.74, 6) is -0.664. The van der Waals surface area contributed by atoms with E-state index in [1.54, 1.807) is 22.9 Å². The molecule has 1 aliphatic heterocycles. The van der Waals surface area contributed by atoms with Crippen LogP contribution in [-0.2, 0) is 6.18 Å². The Morgan fingerprint density at radius 3 is 2.51 bits per heavy atom. The van der Waals surface area contributed by atoms with Gasteiger partial charge in [-0.1, -0.05) is 12.1 Å². The minimum absolute atomic E-state index is 0.0207. The molecule has 3 heterocycles. The number of rotatable bonds is 5. The Kier molecular flexibility index (Phi) is 4.90. The van der Waals surface area contributed by atoms with Gasteiger partial charge in [0.25, 0.3) is 11.8 Å². The summed E-state index contributed by atoms with van der Waals surface area (Å²) in [5, 5.41) is 19.2. The number of nitrogens with zero attached hydrogens (tertiary/aromatic N) is 5. The third kappa shape index (κ3) is 3.75. The van der Waals surface area contributed by atoms with Crippen molar-refractivity contribution in [2.45, 2.75) is 24.9 Å². The first-order chi connectivity index (χ1) is 18.8. The zero-order chi connectivity index (χ0) is 26.9. The number of hydrogen-bond donors (Lipinski definition) is 2. The van der Waals surface area contributed by atoms with Gasteiger partial charge >= 0.3 is 6.18 Å². The summed E-state index contributed by atoms with van der Waals surface area (Å²) in [6, 6.07) is 12.5. The predicted molar refractivity (Wildman–Crippen MR) is 135 cm³/mol. The average molecular weight is 529 g/mol. The molecule has 12 heteroatoms. The van der Waals surface area contributed by atoms with Gasteiger partial charge in [0.1, 0.15) is 0 Å². The number of benzene rings is 3. The quantitative estimate of drug-likeness (QED) is 0.321. The molecule has 0 bridgehead atoms. The minimum atomic E-state index is -4.69. The molecule has 0 spiro atoms. The summed E-state index contributed by atoms with van der Waals surface area (Å²) in [7, 11) is 0. The second kappa shape index (κ2) is 8.25. The molecule has 0 radical (unpaired) electrons. The van der Waals surface area contributed by atoms with Crippen molar-refractivity contribution in [2.75, 3.05) is 10.6 Å². The number of nitrogens with one attached hydrogen (secondary N) is 2. The van der Waals surface area contributed by atoms with Crippen molar-refractivity contribution in [1.82, 2.24) is 24.8 Å². The number of alkyl halides is 3. The maximum Gasteiger partial charge on any atom is 0.418 e. The number of hydrogen-bond acceptors (Lipinski definition) is 5. The van der Waals surface area contributed by atoms with E-state index >= 15 is 0 Å². The highest BCUT2D eigenvalue weighted by atomic mass is 19.4. The molecule has 0 unspecified atom stereocenters. The van der Waals surface area contributed by atoms with Gasteiger partial charge in [-0.2, -0.15) is 33.3 Å². The van der Waals surface area contributed by atoms with E-state index in [4.69, 9.17) is 0 Å². The number of halogens is 3. The van der Waals surface area contributed by atoms with Crippen LogP contribution in [0, 0.1) is 0 Å². The first-order valence-electron chi connectivity index (χ1n) is 12.1. The topological polar surface area (TPSA) is 107 Å². The lowest BCUT2D eigenvalue weighted by atomic mass is 10.0. The normalized spacial score (nSPS) is 14.6. The molecule has 7 rings (SSSR count). The third-order valence-electron chi connectivity index (χ3n) is 6.95. The van der Waals surface area contributed by atoms with Crippen LogP contribution in [0.5, 0.6) is 0 Å². The van der Waals surface area contributed by atoms with E-state index in [0.717, 1.165) is 34.5 Å². The van der Waals surface area contributed by atoms with Gasteiger partial charge in [-0.15, -0.1) is 0 Å². The number of anilines is 2. The predicted octanol–water partition coefficient (Wildman–Crippen LogP) is 5.32. The fourth-order valence-corrected chi connectivity index (χ4v) is 5.09. The van der Waals surface area contributed by atoms with Crippen LogP contribution in [-0.4, -0.2) is 36.6 Å². The molecule has 1 aliphatic carbocycles. The monoisotopic (exact) mass is 529 g/mol. The molecule has 2 aromatic heterocycles. The molecule has 0 atom stereocenters. The van der Waals surface area contributed by atoms with Gasteiger partial charge in [0.05, 0.1) is 46.8 Å². The maximum absolute atomic E-state index is 13.8. The number of carbonyl (C=O) groups excluding carboxylic acids is 2. The van der Waals surface area contributed by atoms with Gasteiger partial charge in [-0.25, -0.2) is 4.68 Å². The van der Waals surface area contributed by atoms with Crippen LogP contribution in [0.1, 0.15) is 50.7 Å². The molecular weight excluding hydrogens is 511 g/mol. The van der Waals surface area contributed by atoms with E-state index in [-0.39, 0.29) is 28.8 Å². The first kappa shape index (κ1) is 23.1. The molecule has 39 heavy (non-hydrogen) atoms. The number of aromatic nitrogens is 5. The Morgan fingerprint density at radius 1 is 1.00 bits per heavy atom. The van der Waals surface area contributed by atoms with Crippen LogP contribution < -0.4 is 10.6 Å². The Bertz CT molecular complexity index is 1800. The van der Waals surface area contributed by atoms with E-state index in [0.29, 0.717) is 22.6 Å². The smallest absolute Gasteiger partial charge is 0.322 e. The molecule has 1 saturated carbocycles. The minimum Gasteiger partial charge on any atom is -0.322 e.